The van der Waals surface area contributed by atoms with Gasteiger partial charge in [0.05, 0.1) is 0 Å². The fourth-order valence-corrected chi connectivity index (χ4v) is 2.26. The van der Waals surface area contributed by atoms with E-state index in [1.807, 2.05) is 0 Å². The van der Waals surface area contributed by atoms with Crippen LogP contribution in [0.1, 0.15) is 32.3 Å². The molecule has 0 amide bonds. The Kier molecular flexibility index (Phi) is 5.41. The minimum atomic E-state index is 0.648. The van der Waals surface area contributed by atoms with Crippen molar-refractivity contribution in [1.29, 1.82) is 0 Å². The van der Waals surface area contributed by atoms with E-state index in [0.29, 0.717) is 6.04 Å². The Labute approximate surface area is 93.9 Å². The van der Waals surface area contributed by atoms with Crippen molar-refractivity contribution in [3.05, 3.63) is 35.9 Å². The topological polar surface area (TPSA) is 12.0 Å². The molecule has 2 atom stereocenters. The lowest BCUT2D eigenvalue weighted by Gasteiger charge is -2.24. The van der Waals surface area contributed by atoms with Crippen LogP contribution in [0.15, 0.2) is 30.3 Å². The zero-order chi connectivity index (χ0) is 11.1. The van der Waals surface area contributed by atoms with Gasteiger partial charge in [0, 0.05) is 6.04 Å². The SMILES string of the molecule is CCC(Cc1ccccc1)C(CC)NC. The maximum absolute atomic E-state index is 3.42. The third kappa shape index (κ3) is 3.67. The maximum atomic E-state index is 3.42. The van der Waals surface area contributed by atoms with E-state index in [0.717, 1.165) is 5.92 Å². The molecule has 0 aromatic heterocycles. The van der Waals surface area contributed by atoms with Gasteiger partial charge in [-0.25, -0.2) is 0 Å². The fourth-order valence-electron chi connectivity index (χ4n) is 2.26. The molecular formula is C14H23N. The highest BCUT2D eigenvalue weighted by Crippen LogP contribution is 2.17. The Balaban J connectivity index is 2.61. The van der Waals surface area contributed by atoms with E-state index in [4.69, 9.17) is 0 Å². The molecule has 1 rings (SSSR count). The second-order valence-corrected chi connectivity index (χ2v) is 4.16. The summed E-state index contributed by atoms with van der Waals surface area (Å²) in [5.41, 5.74) is 1.46. The molecule has 0 fully saturated rings. The molecule has 0 radical (unpaired) electrons. The van der Waals surface area contributed by atoms with Crippen molar-refractivity contribution in [3.8, 4) is 0 Å². The summed E-state index contributed by atoms with van der Waals surface area (Å²) in [7, 11) is 2.07. The highest BCUT2D eigenvalue weighted by atomic mass is 14.9. The van der Waals surface area contributed by atoms with Crippen LogP contribution in [0.25, 0.3) is 0 Å². The zero-order valence-corrected chi connectivity index (χ0v) is 10.2. The molecule has 0 aliphatic rings. The summed E-state index contributed by atoms with van der Waals surface area (Å²) in [6.45, 7) is 4.54. The van der Waals surface area contributed by atoms with Gasteiger partial charge < -0.3 is 5.32 Å². The number of rotatable bonds is 6. The first-order valence-electron chi connectivity index (χ1n) is 6.03. The standard InChI is InChI=1S/C14H23N/c1-4-13(14(5-2)15-3)11-12-9-7-6-8-10-12/h6-10,13-15H,4-5,11H2,1-3H3. The van der Waals surface area contributed by atoms with Crippen molar-refractivity contribution >= 4 is 0 Å². The lowest BCUT2D eigenvalue weighted by atomic mass is 9.88. The first-order valence-corrected chi connectivity index (χ1v) is 6.03. The molecule has 0 saturated heterocycles. The Bertz CT molecular complexity index is 251. The molecule has 0 spiro atoms. The second kappa shape index (κ2) is 6.62. The van der Waals surface area contributed by atoms with Crippen LogP contribution >= 0.6 is 0 Å². The molecule has 1 aromatic carbocycles. The normalized spacial score (nSPS) is 14.9. The summed E-state index contributed by atoms with van der Waals surface area (Å²) in [5, 5.41) is 3.42. The van der Waals surface area contributed by atoms with Gasteiger partial charge in [0.15, 0.2) is 0 Å². The van der Waals surface area contributed by atoms with Crippen molar-refractivity contribution < 1.29 is 0 Å². The largest absolute Gasteiger partial charge is 0.317 e. The number of benzene rings is 1. The number of hydrogen-bond donors (Lipinski definition) is 1. The third-order valence-electron chi connectivity index (χ3n) is 3.24. The monoisotopic (exact) mass is 205 g/mol. The van der Waals surface area contributed by atoms with Crippen molar-refractivity contribution in [2.75, 3.05) is 7.05 Å². The van der Waals surface area contributed by atoms with Crippen LogP contribution in [-0.4, -0.2) is 13.1 Å². The first-order chi connectivity index (χ1) is 7.31. The predicted molar refractivity (Wildman–Crippen MR) is 67.1 cm³/mol. The zero-order valence-electron chi connectivity index (χ0n) is 10.2. The molecule has 1 N–H and O–H groups in total. The molecule has 0 aliphatic carbocycles. The van der Waals surface area contributed by atoms with Crippen molar-refractivity contribution in [1.82, 2.24) is 5.32 Å². The van der Waals surface area contributed by atoms with E-state index in [2.05, 4.69) is 56.5 Å². The van der Waals surface area contributed by atoms with Gasteiger partial charge >= 0.3 is 0 Å². The minimum absolute atomic E-state index is 0.648. The fraction of sp³-hybridized carbons (Fsp3) is 0.571. The second-order valence-electron chi connectivity index (χ2n) is 4.16. The lowest BCUT2D eigenvalue weighted by molar-refractivity contribution is 0.350. The summed E-state index contributed by atoms with van der Waals surface area (Å²) in [5.74, 6) is 0.752. The van der Waals surface area contributed by atoms with E-state index in [1.54, 1.807) is 0 Å². The van der Waals surface area contributed by atoms with Crippen LogP contribution < -0.4 is 5.32 Å². The molecular weight excluding hydrogens is 182 g/mol. The van der Waals surface area contributed by atoms with Gasteiger partial charge in [-0.15, -0.1) is 0 Å². The molecule has 15 heavy (non-hydrogen) atoms. The van der Waals surface area contributed by atoms with Gasteiger partial charge in [-0.2, -0.15) is 0 Å². The quantitative estimate of drug-likeness (QED) is 0.751. The highest BCUT2D eigenvalue weighted by molar-refractivity contribution is 5.15. The van der Waals surface area contributed by atoms with Crippen molar-refractivity contribution in [3.63, 3.8) is 0 Å². The molecule has 1 nitrogen and oxygen atoms in total. The summed E-state index contributed by atoms with van der Waals surface area (Å²) in [6, 6.07) is 11.4. The molecule has 0 saturated carbocycles. The summed E-state index contributed by atoms with van der Waals surface area (Å²) >= 11 is 0. The molecule has 0 aliphatic heterocycles. The molecule has 0 bridgehead atoms. The summed E-state index contributed by atoms with van der Waals surface area (Å²) in [6.07, 6.45) is 3.65. The van der Waals surface area contributed by atoms with Gasteiger partial charge in [-0.3, -0.25) is 0 Å². The van der Waals surface area contributed by atoms with Crippen LogP contribution in [0.5, 0.6) is 0 Å². The van der Waals surface area contributed by atoms with Gasteiger partial charge in [-0.05, 0) is 31.4 Å². The van der Waals surface area contributed by atoms with E-state index < -0.39 is 0 Å². The highest BCUT2D eigenvalue weighted by Gasteiger charge is 2.16. The smallest absolute Gasteiger partial charge is 0.00927 e. The predicted octanol–water partition coefficient (Wildman–Crippen LogP) is 3.25. The average Bonchev–Trinajstić information content (AvgIpc) is 2.30. The minimum Gasteiger partial charge on any atom is -0.317 e. The van der Waals surface area contributed by atoms with Crippen LogP contribution in [0.3, 0.4) is 0 Å². The third-order valence-corrected chi connectivity index (χ3v) is 3.24. The lowest BCUT2D eigenvalue weighted by Crippen LogP contribution is -2.33. The van der Waals surface area contributed by atoms with Gasteiger partial charge in [0.1, 0.15) is 0 Å². The number of hydrogen-bond acceptors (Lipinski definition) is 1. The Hall–Kier alpha value is -0.820. The van der Waals surface area contributed by atoms with Gasteiger partial charge in [0.2, 0.25) is 0 Å². The van der Waals surface area contributed by atoms with Crippen molar-refractivity contribution in [2.45, 2.75) is 39.2 Å². The van der Waals surface area contributed by atoms with Crippen LogP contribution in [0.2, 0.25) is 0 Å². The maximum Gasteiger partial charge on any atom is 0.00927 e. The van der Waals surface area contributed by atoms with Gasteiger partial charge in [-0.1, -0.05) is 50.6 Å². The molecule has 0 heterocycles. The van der Waals surface area contributed by atoms with E-state index in [-0.39, 0.29) is 0 Å². The van der Waals surface area contributed by atoms with E-state index in [9.17, 15) is 0 Å². The Morgan fingerprint density at radius 2 is 1.73 bits per heavy atom. The molecule has 1 heteroatoms. The molecule has 84 valence electrons. The Morgan fingerprint density at radius 1 is 1.07 bits per heavy atom. The van der Waals surface area contributed by atoms with Gasteiger partial charge in [0.25, 0.3) is 0 Å². The Morgan fingerprint density at radius 3 is 2.20 bits per heavy atom. The van der Waals surface area contributed by atoms with Crippen LogP contribution in [0.4, 0.5) is 0 Å². The molecule has 1 aromatic rings. The summed E-state index contributed by atoms with van der Waals surface area (Å²) in [4.78, 5) is 0. The number of nitrogens with one attached hydrogen (secondary N) is 1. The first kappa shape index (κ1) is 12.3. The van der Waals surface area contributed by atoms with Crippen LogP contribution in [0, 0.1) is 5.92 Å². The van der Waals surface area contributed by atoms with Crippen LogP contribution in [-0.2, 0) is 6.42 Å². The average molecular weight is 205 g/mol. The van der Waals surface area contributed by atoms with E-state index in [1.165, 1.54) is 24.8 Å². The van der Waals surface area contributed by atoms with Crippen molar-refractivity contribution in [2.24, 2.45) is 5.92 Å². The molecule has 2 unspecified atom stereocenters. The summed E-state index contributed by atoms with van der Waals surface area (Å²) < 4.78 is 0. The van der Waals surface area contributed by atoms with E-state index >= 15 is 0 Å².